The van der Waals surface area contributed by atoms with Crippen LogP contribution in [0.25, 0.3) is 6.08 Å². The number of esters is 1. The molecule has 0 saturated carbocycles. The van der Waals surface area contributed by atoms with Crippen molar-refractivity contribution < 1.29 is 23.8 Å². The Bertz CT molecular complexity index is 875. The molecule has 1 N–H and O–H groups in total. The Morgan fingerprint density at radius 3 is 2.67 bits per heavy atom. The molecule has 0 radical (unpaired) electrons. The third-order valence-corrected chi connectivity index (χ3v) is 3.93. The monoisotopic (exact) mass is 367 g/mol. The van der Waals surface area contributed by atoms with Crippen molar-refractivity contribution in [3.05, 3.63) is 59.7 Å². The number of carbonyl (C=O) groups is 2. The van der Waals surface area contributed by atoms with Gasteiger partial charge < -0.3 is 19.5 Å². The molecule has 1 atom stereocenters. The van der Waals surface area contributed by atoms with Crippen molar-refractivity contribution in [1.29, 1.82) is 0 Å². The summed E-state index contributed by atoms with van der Waals surface area (Å²) in [6, 6.07) is 12.8. The van der Waals surface area contributed by atoms with Gasteiger partial charge >= 0.3 is 5.97 Å². The summed E-state index contributed by atoms with van der Waals surface area (Å²) in [4.78, 5) is 24.2. The summed E-state index contributed by atoms with van der Waals surface area (Å²) in [5.74, 6) is 0.204. The molecule has 3 rings (SSSR count). The van der Waals surface area contributed by atoms with E-state index in [2.05, 4.69) is 5.32 Å². The van der Waals surface area contributed by atoms with Crippen LogP contribution in [-0.4, -0.2) is 31.2 Å². The summed E-state index contributed by atoms with van der Waals surface area (Å²) < 4.78 is 16.1. The van der Waals surface area contributed by atoms with Gasteiger partial charge in [0, 0.05) is 17.8 Å². The van der Waals surface area contributed by atoms with E-state index >= 15 is 0 Å². The third kappa shape index (κ3) is 5.10. The number of aryl methyl sites for hydroxylation is 1. The van der Waals surface area contributed by atoms with Gasteiger partial charge in [0.25, 0.3) is 5.91 Å². The molecule has 1 amide bonds. The third-order valence-electron chi connectivity index (χ3n) is 3.93. The lowest BCUT2D eigenvalue weighted by Gasteiger charge is -2.19. The number of amides is 1. The maximum atomic E-state index is 12.3. The number of hydrogen-bond acceptors (Lipinski definition) is 5. The normalized spacial score (nSPS) is 13.9. The van der Waals surface area contributed by atoms with Crippen molar-refractivity contribution in [2.75, 3.05) is 18.5 Å². The van der Waals surface area contributed by atoms with Crippen molar-refractivity contribution >= 4 is 23.6 Å². The minimum Gasteiger partial charge on any atom is -0.486 e. The molecular formula is C21H21NO5. The number of ether oxygens (including phenoxy) is 3. The molecule has 140 valence electrons. The Labute approximate surface area is 157 Å². The summed E-state index contributed by atoms with van der Waals surface area (Å²) in [5.41, 5.74) is 2.53. The van der Waals surface area contributed by atoms with Gasteiger partial charge in [-0.1, -0.05) is 29.8 Å². The lowest BCUT2D eigenvalue weighted by molar-refractivity contribution is -0.148. The molecule has 2 aromatic carbocycles. The Kier molecular flexibility index (Phi) is 5.76. The number of fused-ring (bicyclic) bond motifs is 1. The quantitative estimate of drug-likeness (QED) is 0.648. The smallest absolute Gasteiger partial charge is 0.331 e. The van der Waals surface area contributed by atoms with E-state index < -0.39 is 18.0 Å². The van der Waals surface area contributed by atoms with E-state index in [4.69, 9.17) is 14.2 Å². The maximum Gasteiger partial charge on any atom is 0.331 e. The van der Waals surface area contributed by atoms with Crippen LogP contribution in [0, 0.1) is 6.92 Å². The predicted octanol–water partition coefficient (Wildman–Crippen LogP) is 3.35. The van der Waals surface area contributed by atoms with Crippen LogP contribution in [0.4, 0.5) is 5.69 Å². The molecule has 1 aliphatic heterocycles. The van der Waals surface area contributed by atoms with E-state index in [1.54, 1.807) is 24.3 Å². The van der Waals surface area contributed by atoms with Gasteiger partial charge in [0.05, 0.1) is 0 Å². The average molecular weight is 367 g/mol. The molecule has 6 nitrogen and oxygen atoms in total. The highest BCUT2D eigenvalue weighted by Gasteiger charge is 2.18. The number of rotatable bonds is 5. The van der Waals surface area contributed by atoms with Crippen LogP contribution < -0.4 is 14.8 Å². The van der Waals surface area contributed by atoms with Crippen molar-refractivity contribution in [2.24, 2.45) is 0 Å². The topological polar surface area (TPSA) is 73.9 Å². The van der Waals surface area contributed by atoms with E-state index in [-0.39, 0.29) is 0 Å². The van der Waals surface area contributed by atoms with Crippen LogP contribution >= 0.6 is 0 Å². The van der Waals surface area contributed by atoms with E-state index in [0.717, 1.165) is 11.1 Å². The van der Waals surface area contributed by atoms with Gasteiger partial charge in [-0.05, 0) is 37.6 Å². The Morgan fingerprint density at radius 1 is 1.11 bits per heavy atom. The minimum atomic E-state index is -0.937. The van der Waals surface area contributed by atoms with E-state index in [1.165, 1.54) is 13.0 Å². The Hall–Kier alpha value is -3.28. The summed E-state index contributed by atoms with van der Waals surface area (Å²) in [6.45, 7) is 4.46. The zero-order valence-corrected chi connectivity index (χ0v) is 15.2. The largest absolute Gasteiger partial charge is 0.486 e. The number of nitrogens with one attached hydrogen (secondary N) is 1. The van der Waals surface area contributed by atoms with Crippen LogP contribution in [0.3, 0.4) is 0 Å². The minimum absolute atomic E-state index is 0.427. The van der Waals surface area contributed by atoms with Crippen molar-refractivity contribution in [2.45, 2.75) is 20.0 Å². The van der Waals surface area contributed by atoms with E-state index in [9.17, 15) is 9.59 Å². The van der Waals surface area contributed by atoms with Gasteiger partial charge in [-0.3, -0.25) is 4.79 Å². The second-order valence-electron chi connectivity index (χ2n) is 6.17. The molecule has 0 aliphatic carbocycles. The number of benzene rings is 2. The molecule has 0 fully saturated rings. The highest BCUT2D eigenvalue weighted by molar-refractivity contribution is 5.96. The number of anilines is 1. The summed E-state index contributed by atoms with van der Waals surface area (Å²) in [7, 11) is 0. The van der Waals surface area contributed by atoms with Gasteiger partial charge in [0.1, 0.15) is 13.2 Å². The summed E-state index contributed by atoms with van der Waals surface area (Å²) in [6.07, 6.45) is 2.02. The highest BCUT2D eigenvalue weighted by Crippen LogP contribution is 2.32. The molecule has 0 unspecified atom stereocenters. The van der Waals surface area contributed by atoms with Gasteiger partial charge in [-0.25, -0.2) is 4.79 Å². The standard InChI is InChI=1S/C21H21NO5/c1-14-4-3-5-16(12-14)6-9-20(23)27-15(2)21(24)22-17-7-8-18-19(13-17)26-11-10-25-18/h3-9,12-13,15H,10-11H2,1-2H3,(H,22,24)/b9-6+/t15-/m0/s1. The van der Waals surface area contributed by atoms with Gasteiger partial charge in [0.15, 0.2) is 17.6 Å². The predicted molar refractivity (Wildman–Crippen MR) is 102 cm³/mol. The van der Waals surface area contributed by atoms with Gasteiger partial charge in [0.2, 0.25) is 0 Å². The van der Waals surface area contributed by atoms with E-state index in [1.807, 2.05) is 31.2 Å². The highest BCUT2D eigenvalue weighted by atomic mass is 16.6. The first-order chi connectivity index (χ1) is 13.0. The first kappa shape index (κ1) is 18.5. The Morgan fingerprint density at radius 2 is 1.89 bits per heavy atom. The molecule has 0 bridgehead atoms. The number of carbonyl (C=O) groups excluding carboxylic acids is 2. The van der Waals surface area contributed by atoms with Crippen LogP contribution in [0.1, 0.15) is 18.1 Å². The first-order valence-corrected chi connectivity index (χ1v) is 8.67. The van der Waals surface area contributed by atoms with Gasteiger partial charge in [-0.15, -0.1) is 0 Å². The molecule has 27 heavy (non-hydrogen) atoms. The lowest BCUT2D eigenvalue weighted by Crippen LogP contribution is -2.29. The zero-order chi connectivity index (χ0) is 19.2. The molecule has 0 aromatic heterocycles. The molecule has 0 saturated heterocycles. The summed E-state index contributed by atoms with van der Waals surface area (Å²) in [5, 5.41) is 2.70. The van der Waals surface area contributed by atoms with Crippen LogP contribution in [0.5, 0.6) is 11.5 Å². The molecule has 2 aromatic rings. The summed E-state index contributed by atoms with van der Waals surface area (Å²) >= 11 is 0. The molecular weight excluding hydrogens is 346 g/mol. The second-order valence-corrected chi connectivity index (χ2v) is 6.17. The van der Waals surface area contributed by atoms with Crippen molar-refractivity contribution in [3.8, 4) is 11.5 Å². The fraction of sp³-hybridized carbons (Fsp3) is 0.238. The van der Waals surface area contributed by atoms with Crippen LogP contribution in [0.15, 0.2) is 48.5 Å². The Balaban J connectivity index is 1.55. The maximum absolute atomic E-state index is 12.3. The SMILES string of the molecule is Cc1cccc(/C=C/C(=O)O[C@@H](C)C(=O)Nc2ccc3c(c2)OCCO3)c1. The second kappa shape index (κ2) is 8.40. The molecule has 0 spiro atoms. The first-order valence-electron chi connectivity index (χ1n) is 8.67. The van der Waals surface area contributed by atoms with Crippen molar-refractivity contribution in [1.82, 2.24) is 0 Å². The average Bonchev–Trinajstić information content (AvgIpc) is 2.66. The molecule has 1 aliphatic rings. The molecule has 1 heterocycles. The van der Waals surface area contributed by atoms with Gasteiger partial charge in [-0.2, -0.15) is 0 Å². The van der Waals surface area contributed by atoms with Crippen LogP contribution in [0.2, 0.25) is 0 Å². The van der Waals surface area contributed by atoms with E-state index in [0.29, 0.717) is 30.4 Å². The van der Waals surface area contributed by atoms with Crippen molar-refractivity contribution in [3.63, 3.8) is 0 Å². The zero-order valence-electron chi connectivity index (χ0n) is 15.2. The fourth-order valence-corrected chi connectivity index (χ4v) is 2.57. The lowest BCUT2D eigenvalue weighted by atomic mass is 10.1. The number of hydrogen-bond donors (Lipinski definition) is 1. The molecule has 6 heteroatoms. The fourth-order valence-electron chi connectivity index (χ4n) is 2.57. The van der Waals surface area contributed by atoms with Crippen LogP contribution in [-0.2, 0) is 14.3 Å².